The second kappa shape index (κ2) is 8.31. The van der Waals surface area contributed by atoms with Gasteiger partial charge in [-0.1, -0.05) is 6.92 Å². The van der Waals surface area contributed by atoms with Crippen molar-refractivity contribution in [3.63, 3.8) is 0 Å². The molecule has 2 saturated heterocycles. The fraction of sp³-hybridized carbons (Fsp3) is 0.765. The summed E-state index contributed by atoms with van der Waals surface area (Å²) in [4.78, 5) is 22.8. The Balaban J connectivity index is 1.65. The zero-order chi connectivity index (χ0) is 17.6. The molecule has 0 saturated carbocycles. The van der Waals surface area contributed by atoms with Crippen LogP contribution in [-0.2, 0) is 4.74 Å². The van der Waals surface area contributed by atoms with E-state index in [1.54, 1.807) is 11.1 Å². The molecule has 0 spiro atoms. The summed E-state index contributed by atoms with van der Waals surface area (Å²) >= 11 is 0. The number of hydrogen-bond donors (Lipinski definition) is 0. The van der Waals surface area contributed by atoms with Gasteiger partial charge < -0.3 is 19.4 Å². The van der Waals surface area contributed by atoms with Crippen LogP contribution in [0, 0.1) is 0 Å². The van der Waals surface area contributed by atoms with E-state index in [1.807, 2.05) is 6.92 Å². The molecular formula is C17H28N6O2. The number of piperazine rings is 1. The van der Waals surface area contributed by atoms with Crippen LogP contribution in [0.5, 0.6) is 0 Å². The fourth-order valence-electron chi connectivity index (χ4n) is 3.58. The van der Waals surface area contributed by atoms with Gasteiger partial charge in [0.15, 0.2) is 5.82 Å². The van der Waals surface area contributed by atoms with Crippen LogP contribution in [0.1, 0.15) is 39.5 Å². The van der Waals surface area contributed by atoms with Gasteiger partial charge in [-0.25, -0.2) is 4.79 Å². The van der Waals surface area contributed by atoms with Gasteiger partial charge in [-0.2, -0.15) is 10.1 Å². The Hall–Kier alpha value is -2.12. The van der Waals surface area contributed by atoms with Gasteiger partial charge in [0.25, 0.3) is 0 Å². The highest BCUT2D eigenvalue weighted by Gasteiger charge is 2.26. The first-order valence-electron chi connectivity index (χ1n) is 9.36. The molecule has 0 radical (unpaired) electrons. The Bertz CT molecular complexity index is 576. The van der Waals surface area contributed by atoms with Crippen molar-refractivity contribution >= 4 is 17.9 Å². The van der Waals surface area contributed by atoms with Crippen molar-refractivity contribution in [2.24, 2.45) is 0 Å². The number of anilines is 2. The molecule has 138 valence electrons. The minimum atomic E-state index is -0.234. The minimum absolute atomic E-state index is 0.234. The fourth-order valence-corrected chi connectivity index (χ4v) is 3.58. The second-order valence-electron chi connectivity index (χ2n) is 6.54. The van der Waals surface area contributed by atoms with Crippen LogP contribution in [0.3, 0.4) is 0 Å². The van der Waals surface area contributed by atoms with E-state index in [0.29, 0.717) is 25.7 Å². The summed E-state index contributed by atoms with van der Waals surface area (Å²) in [5.41, 5.74) is 0. The molecular weight excluding hydrogens is 320 g/mol. The Kier molecular flexibility index (Phi) is 5.88. The molecule has 0 aromatic carbocycles. The summed E-state index contributed by atoms with van der Waals surface area (Å²) in [6.45, 7) is 8.19. The lowest BCUT2D eigenvalue weighted by atomic mass is 10.0. The molecule has 0 N–H and O–H groups in total. The van der Waals surface area contributed by atoms with Gasteiger partial charge in [0.1, 0.15) is 0 Å². The minimum Gasteiger partial charge on any atom is -0.450 e. The molecule has 2 fully saturated rings. The van der Waals surface area contributed by atoms with Crippen molar-refractivity contribution in [1.82, 2.24) is 20.1 Å². The van der Waals surface area contributed by atoms with E-state index in [2.05, 4.69) is 26.9 Å². The number of nitrogens with zero attached hydrogens (tertiary/aromatic N) is 6. The summed E-state index contributed by atoms with van der Waals surface area (Å²) in [7, 11) is 0. The second-order valence-corrected chi connectivity index (χ2v) is 6.54. The molecule has 2 aliphatic heterocycles. The Morgan fingerprint density at radius 3 is 2.72 bits per heavy atom. The van der Waals surface area contributed by atoms with Gasteiger partial charge in [-0.05, 0) is 32.6 Å². The molecule has 3 rings (SSSR count). The SMILES string of the molecule is CCOC(=O)N1CCN(c2cnnc(N3CCCCC3CC)n2)CC1. The van der Waals surface area contributed by atoms with Crippen molar-refractivity contribution in [3.05, 3.63) is 6.20 Å². The number of carbonyl (C=O) groups is 1. The van der Waals surface area contributed by atoms with Crippen molar-refractivity contribution in [1.29, 1.82) is 0 Å². The van der Waals surface area contributed by atoms with Crippen molar-refractivity contribution < 1.29 is 9.53 Å². The Morgan fingerprint density at radius 1 is 1.20 bits per heavy atom. The highest BCUT2D eigenvalue weighted by Crippen LogP contribution is 2.24. The quantitative estimate of drug-likeness (QED) is 0.823. The number of rotatable bonds is 4. The highest BCUT2D eigenvalue weighted by atomic mass is 16.6. The van der Waals surface area contributed by atoms with E-state index in [9.17, 15) is 4.79 Å². The van der Waals surface area contributed by atoms with Gasteiger partial charge in [-0.3, -0.25) is 0 Å². The number of amides is 1. The first-order valence-corrected chi connectivity index (χ1v) is 9.36. The molecule has 2 aliphatic rings. The molecule has 0 aliphatic carbocycles. The Morgan fingerprint density at radius 2 is 2.00 bits per heavy atom. The first-order chi connectivity index (χ1) is 12.2. The third-order valence-electron chi connectivity index (χ3n) is 5.02. The maximum atomic E-state index is 11.8. The summed E-state index contributed by atoms with van der Waals surface area (Å²) in [5, 5.41) is 8.46. The zero-order valence-electron chi connectivity index (χ0n) is 15.2. The van der Waals surface area contributed by atoms with Gasteiger partial charge in [-0.15, -0.1) is 5.10 Å². The summed E-state index contributed by atoms with van der Waals surface area (Å²) in [6, 6.07) is 0.506. The maximum Gasteiger partial charge on any atom is 0.409 e. The summed E-state index contributed by atoms with van der Waals surface area (Å²) < 4.78 is 5.07. The molecule has 1 atom stereocenters. The van der Waals surface area contributed by atoms with E-state index in [1.165, 1.54) is 19.3 Å². The van der Waals surface area contributed by atoms with Crippen molar-refractivity contribution in [2.45, 2.75) is 45.6 Å². The average Bonchev–Trinajstić information content (AvgIpc) is 2.68. The monoisotopic (exact) mass is 348 g/mol. The van der Waals surface area contributed by atoms with Gasteiger partial charge in [0, 0.05) is 38.8 Å². The van der Waals surface area contributed by atoms with Gasteiger partial charge in [0.05, 0.1) is 12.8 Å². The van der Waals surface area contributed by atoms with Crippen LogP contribution in [0.25, 0.3) is 0 Å². The van der Waals surface area contributed by atoms with Crippen LogP contribution in [-0.4, -0.2) is 71.5 Å². The average molecular weight is 348 g/mol. The molecule has 1 unspecified atom stereocenters. The topological polar surface area (TPSA) is 74.7 Å². The predicted octanol–water partition coefficient (Wildman–Crippen LogP) is 1.92. The molecule has 0 bridgehead atoms. The smallest absolute Gasteiger partial charge is 0.409 e. The van der Waals surface area contributed by atoms with E-state index < -0.39 is 0 Å². The Labute approximate surface area is 149 Å². The third-order valence-corrected chi connectivity index (χ3v) is 5.02. The number of hydrogen-bond acceptors (Lipinski definition) is 7. The van der Waals surface area contributed by atoms with E-state index in [-0.39, 0.29) is 6.09 Å². The van der Waals surface area contributed by atoms with Crippen LogP contribution in [0.2, 0.25) is 0 Å². The number of carbonyl (C=O) groups excluding carboxylic acids is 1. The molecule has 1 aromatic heterocycles. The normalized spacial score (nSPS) is 21.4. The van der Waals surface area contributed by atoms with Crippen molar-refractivity contribution in [2.75, 3.05) is 49.1 Å². The van der Waals surface area contributed by atoms with Crippen LogP contribution in [0.15, 0.2) is 6.20 Å². The van der Waals surface area contributed by atoms with Crippen LogP contribution >= 0.6 is 0 Å². The van der Waals surface area contributed by atoms with E-state index in [0.717, 1.165) is 37.8 Å². The first kappa shape index (κ1) is 17.7. The van der Waals surface area contributed by atoms with Crippen molar-refractivity contribution in [3.8, 4) is 0 Å². The molecule has 25 heavy (non-hydrogen) atoms. The third kappa shape index (κ3) is 4.11. The molecule has 8 nitrogen and oxygen atoms in total. The lowest BCUT2D eigenvalue weighted by molar-refractivity contribution is 0.105. The summed E-state index contributed by atoms with van der Waals surface area (Å²) in [5.74, 6) is 1.57. The lowest BCUT2D eigenvalue weighted by Gasteiger charge is -2.36. The summed E-state index contributed by atoms with van der Waals surface area (Å²) in [6.07, 6.45) is 6.24. The largest absolute Gasteiger partial charge is 0.450 e. The number of ether oxygens (including phenoxy) is 1. The number of piperidine rings is 1. The van der Waals surface area contributed by atoms with Crippen LogP contribution in [0.4, 0.5) is 16.6 Å². The highest BCUT2D eigenvalue weighted by molar-refractivity contribution is 5.68. The standard InChI is InChI=1S/C17H28N6O2/c1-3-14-7-5-6-8-23(14)16-19-15(13-18-20-16)21-9-11-22(12-10-21)17(24)25-4-2/h13-14H,3-12H2,1-2H3. The molecule has 1 amide bonds. The molecule has 3 heterocycles. The molecule has 1 aromatic rings. The van der Waals surface area contributed by atoms with E-state index >= 15 is 0 Å². The zero-order valence-corrected chi connectivity index (χ0v) is 15.2. The maximum absolute atomic E-state index is 11.8. The van der Waals surface area contributed by atoms with Crippen LogP contribution < -0.4 is 9.80 Å². The van der Waals surface area contributed by atoms with Gasteiger partial charge in [0.2, 0.25) is 5.95 Å². The lowest BCUT2D eigenvalue weighted by Crippen LogP contribution is -2.49. The number of aromatic nitrogens is 3. The van der Waals surface area contributed by atoms with Gasteiger partial charge >= 0.3 is 6.09 Å². The predicted molar refractivity (Wildman–Crippen MR) is 95.9 cm³/mol. The molecule has 8 heteroatoms. The van der Waals surface area contributed by atoms with E-state index in [4.69, 9.17) is 9.72 Å².